The normalized spacial score (nSPS) is 16.8. The molecule has 1 N–H and O–H groups in total. The third-order valence-electron chi connectivity index (χ3n) is 4.52. The highest BCUT2D eigenvalue weighted by molar-refractivity contribution is 5.75. The second kappa shape index (κ2) is 6.16. The van der Waals surface area contributed by atoms with Crippen molar-refractivity contribution in [1.29, 1.82) is 0 Å². The summed E-state index contributed by atoms with van der Waals surface area (Å²) in [5.41, 5.74) is -0.423. The summed E-state index contributed by atoms with van der Waals surface area (Å²) >= 11 is 0. The molecule has 7 heteroatoms. The fourth-order valence-corrected chi connectivity index (χ4v) is 3.23. The maximum atomic E-state index is 12.2. The van der Waals surface area contributed by atoms with Crippen LogP contribution in [0.5, 0.6) is 0 Å². The van der Waals surface area contributed by atoms with Crippen LogP contribution >= 0.6 is 0 Å². The molecule has 7 nitrogen and oxygen atoms in total. The Bertz CT molecular complexity index is 758. The number of amides is 1. The first-order chi connectivity index (χ1) is 11.0. The van der Waals surface area contributed by atoms with E-state index in [1.165, 1.54) is 9.08 Å². The average molecular weight is 318 g/mol. The number of rotatable bonds is 5. The van der Waals surface area contributed by atoms with Crippen molar-refractivity contribution in [3.8, 4) is 0 Å². The number of carbonyl (C=O) groups excluding carboxylic acids is 1. The van der Waals surface area contributed by atoms with E-state index in [1.807, 2.05) is 6.07 Å². The number of aryl methyl sites for hydroxylation is 1. The van der Waals surface area contributed by atoms with Crippen LogP contribution in [-0.4, -0.2) is 49.3 Å². The molecular weight excluding hydrogens is 296 g/mol. The highest BCUT2D eigenvalue weighted by Gasteiger charge is 2.33. The largest absolute Gasteiger partial charge is 0.388 e. The summed E-state index contributed by atoms with van der Waals surface area (Å²) in [5.74, 6) is -0.0886. The van der Waals surface area contributed by atoms with Crippen LogP contribution in [0.25, 0.3) is 5.65 Å². The van der Waals surface area contributed by atoms with Crippen molar-refractivity contribution in [2.24, 2.45) is 0 Å². The molecule has 1 aliphatic rings. The molecule has 0 bridgehead atoms. The number of aromatic nitrogens is 3. The number of carbonyl (C=O) groups is 1. The van der Waals surface area contributed by atoms with Gasteiger partial charge < -0.3 is 10.0 Å². The minimum atomic E-state index is -0.746. The average Bonchev–Trinajstić information content (AvgIpc) is 3.09. The molecule has 0 unspecified atom stereocenters. The maximum absolute atomic E-state index is 12.2. The van der Waals surface area contributed by atoms with Crippen LogP contribution in [0.2, 0.25) is 0 Å². The Balaban J connectivity index is 1.61. The van der Waals surface area contributed by atoms with Crippen LogP contribution in [0.4, 0.5) is 0 Å². The molecule has 1 amide bonds. The zero-order valence-corrected chi connectivity index (χ0v) is 13.3. The van der Waals surface area contributed by atoms with Crippen molar-refractivity contribution in [3.05, 3.63) is 34.9 Å². The minimum Gasteiger partial charge on any atom is -0.388 e. The first-order valence-corrected chi connectivity index (χ1v) is 7.99. The Kier molecular flexibility index (Phi) is 4.21. The van der Waals surface area contributed by atoms with Gasteiger partial charge in [0, 0.05) is 26.2 Å². The first kappa shape index (κ1) is 15.7. The summed E-state index contributed by atoms with van der Waals surface area (Å²) < 4.78 is 2.76. The predicted molar refractivity (Wildman–Crippen MR) is 85.1 cm³/mol. The van der Waals surface area contributed by atoms with E-state index < -0.39 is 5.60 Å². The van der Waals surface area contributed by atoms with Gasteiger partial charge in [-0.15, -0.1) is 5.10 Å². The third kappa shape index (κ3) is 3.29. The molecule has 0 aromatic carbocycles. The number of pyridine rings is 1. The highest BCUT2D eigenvalue weighted by Crippen LogP contribution is 2.29. The molecule has 0 atom stereocenters. The van der Waals surface area contributed by atoms with Crippen LogP contribution in [-0.2, 0) is 11.3 Å². The van der Waals surface area contributed by atoms with E-state index in [4.69, 9.17) is 0 Å². The van der Waals surface area contributed by atoms with Gasteiger partial charge in [-0.1, -0.05) is 18.9 Å². The molecule has 0 aliphatic heterocycles. The summed E-state index contributed by atoms with van der Waals surface area (Å²) in [7, 11) is 1.70. The van der Waals surface area contributed by atoms with E-state index in [9.17, 15) is 14.7 Å². The summed E-state index contributed by atoms with van der Waals surface area (Å²) in [6.45, 7) is 0.591. The molecule has 1 saturated carbocycles. The van der Waals surface area contributed by atoms with Crippen LogP contribution in [0, 0.1) is 0 Å². The Morgan fingerprint density at radius 3 is 2.83 bits per heavy atom. The number of hydrogen-bond donors (Lipinski definition) is 1. The molecule has 124 valence electrons. The fraction of sp³-hybridized carbons (Fsp3) is 0.562. The topological polar surface area (TPSA) is 79.8 Å². The summed E-state index contributed by atoms with van der Waals surface area (Å²) in [4.78, 5) is 25.9. The zero-order valence-electron chi connectivity index (χ0n) is 13.3. The SMILES string of the molecule is CN(CC1(O)CCCC1)C(=O)CCn1nc2ccccn2c1=O. The van der Waals surface area contributed by atoms with Crippen molar-refractivity contribution in [2.75, 3.05) is 13.6 Å². The van der Waals surface area contributed by atoms with Gasteiger partial charge in [-0.2, -0.15) is 0 Å². The van der Waals surface area contributed by atoms with Gasteiger partial charge >= 0.3 is 5.69 Å². The van der Waals surface area contributed by atoms with E-state index in [0.29, 0.717) is 12.2 Å². The van der Waals surface area contributed by atoms with Gasteiger partial charge in [-0.3, -0.25) is 9.20 Å². The molecule has 23 heavy (non-hydrogen) atoms. The van der Waals surface area contributed by atoms with Gasteiger partial charge in [0.1, 0.15) is 0 Å². The predicted octanol–water partition coefficient (Wildman–Crippen LogP) is 0.650. The second-order valence-corrected chi connectivity index (χ2v) is 6.37. The lowest BCUT2D eigenvalue weighted by Gasteiger charge is -2.28. The van der Waals surface area contributed by atoms with Crippen LogP contribution in [0.1, 0.15) is 32.1 Å². The number of aliphatic hydroxyl groups is 1. The van der Waals surface area contributed by atoms with E-state index in [-0.39, 0.29) is 24.6 Å². The van der Waals surface area contributed by atoms with Crippen LogP contribution in [0.15, 0.2) is 29.2 Å². The minimum absolute atomic E-state index is 0.0886. The van der Waals surface area contributed by atoms with Crippen molar-refractivity contribution in [3.63, 3.8) is 0 Å². The van der Waals surface area contributed by atoms with Crippen molar-refractivity contribution in [1.82, 2.24) is 19.1 Å². The fourth-order valence-electron chi connectivity index (χ4n) is 3.23. The standard InChI is InChI=1S/C16H22N4O3/c1-18(12-16(23)8-3-4-9-16)14(21)7-11-20-15(22)19-10-5-2-6-13(19)17-20/h2,5-6,10,23H,3-4,7-9,11-12H2,1H3. The molecule has 0 spiro atoms. The van der Waals surface area contributed by atoms with Gasteiger partial charge in [0.25, 0.3) is 0 Å². The summed E-state index contributed by atoms with van der Waals surface area (Å²) in [6.07, 6.45) is 5.36. The molecular formula is C16H22N4O3. The Morgan fingerprint density at radius 2 is 2.13 bits per heavy atom. The van der Waals surface area contributed by atoms with Gasteiger partial charge in [0.2, 0.25) is 5.91 Å². The third-order valence-corrected chi connectivity index (χ3v) is 4.52. The highest BCUT2D eigenvalue weighted by atomic mass is 16.3. The molecule has 3 rings (SSSR count). The number of hydrogen-bond acceptors (Lipinski definition) is 4. The number of nitrogens with zero attached hydrogens (tertiary/aromatic N) is 4. The molecule has 0 saturated heterocycles. The van der Waals surface area contributed by atoms with Gasteiger partial charge in [0.15, 0.2) is 5.65 Å². The van der Waals surface area contributed by atoms with E-state index in [1.54, 1.807) is 30.3 Å². The monoisotopic (exact) mass is 318 g/mol. The van der Waals surface area contributed by atoms with Crippen LogP contribution < -0.4 is 5.69 Å². The Hall–Kier alpha value is -2.15. The Morgan fingerprint density at radius 1 is 1.39 bits per heavy atom. The van der Waals surface area contributed by atoms with Gasteiger partial charge in [-0.25, -0.2) is 9.48 Å². The smallest absolute Gasteiger partial charge is 0.350 e. The van der Waals surface area contributed by atoms with Crippen molar-refractivity contribution < 1.29 is 9.90 Å². The summed E-state index contributed by atoms with van der Waals surface area (Å²) in [6, 6.07) is 5.33. The van der Waals surface area contributed by atoms with Gasteiger partial charge in [-0.05, 0) is 25.0 Å². The van der Waals surface area contributed by atoms with Crippen molar-refractivity contribution >= 4 is 11.6 Å². The second-order valence-electron chi connectivity index (χ2n) is 6.37. The number of fused-ring (bicyclic) bond motifs is 1. The van der Waals surface area contributed by atoms with E-state index >= 15 is 0 Å². The lowest BCUT2D eigenvalue weighted by molar-refractivity contribution is -0.133. The lowest BCUT2D eigenvalue weighted by Crippen LogP contribution is -2.42. The maximum Gasteiger partial charge on any atom is 0.350 e. The first-order valence-electron chi connectivity index (χ1n) is 7.99. The summed E-state index contributed by atoms with van der Waals surface area (Å²) in [5, 5.41) is 14.6. The quantitative estimate of drug-likeness (QED) is 0.878. The molecule has 1 fully saturated rings. The molecule has 1 aliphatic carbocycles. The molecule has 2 aromatic rings. The van der Waals surface area contributed by atoms with Crippen molar-refractivity contribution in [2.45, 2.75) is 44.2 Å². The lowest BCUT2D eigenvalue weighted by atomic mass is 10.0. The number of likely N-dealkylation sites (N-methyl/N-ethyl adjacent to an activating group) is 1. The molecule has 2 heterocycles. The molecule has 2 aromatic heterocycles. The van der Waals surface area contributed by atoms with E-state index in [2.05, 4.69) is 5.10 Å². The van der Waals surface area contributed by atoms with Crippen LogP contribution in [0.3, 0.4) is 0 Å². The van der Waals surface area contributed by atoms with Gasteiger partial charge in [0.05, 0.1) is 12.1 Å². The zero-order chi connectivity index (χ0) is 16.4. The molecule has 0 radical (unpaired) electrons. The van der Waals surface area contributed by atoms with E-state index in [0.717, 1.165) is 25.7 Å². The Labute approximate surface area is 134 Å².